The fourth-order valence-electron chi connectivity index (χ4n) is 3.47. The van der Waals surface area contributed by atoms with Crippen molar-refractivity contribution >= 4 is 23.1 Å². The number of rotatable bonds is 8. The van der Waals surface area contributed by atoms with Crippen LogP contribution in [0.4, 0.5) is 5.69 Å². The molecule has 0 fully saturated rings. The third kappa shape index (κ3) is 5.54. The van der Waals surface area contributed by atoms with Gasteiger partial charge in [-0.15, -0.1) is 0 Å². The number of amides is 2. The number of anilines is 1. The lowest BCUT2D eigenvalue weighted by Crippen LogP contribution is -2.29. The number of carbonyl (C=O) groups is 2. The summed E-state index contributed by atoms with van der Waals surface area (Å²) < 4.78 is 0. The van der Waals surface area contributed by atoms with Crippen molar-refractivity contribution in [3.63, 3.8) is 0 Å². The molecular weight excluding hydrogens is 350 g/mol. The molecule has 0 saturated heterocycles. The van der Waals surface area contributed by atoms with Crippen LogP contribution in [0.1, 0.15) is 41.6 Å². The normalized spacial score (nSPS) is 14.4. The number of para-hydroxylation sites is 1. The van der Waals surface area contributed by atoms with Gasteiger partial charge in [0.2, 0.25) is 5.91 Å². The molecule has 3 rings (SSSR count). The van der Waals surface area contributed by atoms with E-state index in [0.29, 0.717) is 17.7 Å². The largest absolute Gasteiger partial charge is 0.366 e. The van der Waals surface area contributed by atoms with Gasteiger partial charge in [0.05, 0.1) is 11.3 Å². The van der Waals surface area contributed by atoms with Gasteiger partial charge in [-0.3, -0.25) is 14.5 Å². The summed E-state index contributed by atoms with van der Waals surface area (Å²) in [6.07, 6.45) is 5.60. The molecular formula is C23H27N3O2. The van der Waals surface area contributed by atoms with Crippen LogP contribution in [-0.4, -0.2) is 36.3 Å². The molecule has 5 nitrogen and oxygen atoms in total. The molecule has 0 atom stereocenters. The van der Waals surface area contributed by atoms with Crippen LogP contribution in [0.5, 0.6) is 0 Å². The maximum Gasteiger partial charge on any atom is 0.250 e. The average molecular weight is 377 g/mol. The van der Waals surface area contributed by atoms with E-state index in [2.05, 4.69) is 40.6 Å². The van der Waals surface area contributed by atoms with Gasteiger partial charge < -0.3 is 11.1 Å². The second-order valence-corrected chi connectivity index (χ2v) is 7.06. The van der Waals surface area contributed by atoms with Crippen molar-refractivity contribution in [3.05, 3.63) is 71.8 Å². The van der Waals surface area contributed by atoms with Crippen LogP contribution in [-0.2, 0) is 4.79 Å². The molecule has 28 heavy (non-hydrogen) atoms. The van der Waals surface area contributed by atoms with Gasteiger partial charge in [-0.05, 0) is 49.1 Å². The van der Waals surface area contributed by atoms with Crippen LogP contribution in [0.25, 0.3) is 5.57 Å². The highest BCUT2D eigenvalue weighted by Gasteiger charge is 2.13. The van der Waals surface area contributed by atoms with E-state index in [0.717, 1.165) is 38.9 Å². The van der Waals surface area contributed by atoms with Gasteiger partial charge in [0.1, 0.15) is 0 Å². The minimum Gasteiger partial charge on any atom is -0.366 e. The molecule has 0 bridgehead atoms. The molecule has 1 aliphatic heterocycles. The molecule has 0 unspecified atom stereocenters. The fraction of sp³-hybridized carbons (Fsp3) is 0.304. The van der Waals surface area contributed by atoms with Gasteiger partial charge in [-0.1, -0.05) is 48.5 Å². The van der Waals surface area contributed by atoms with Gasteiger partial charge in [0.25, 0.3) is 5.91 Å². The highest BCUT2D eigenvalue weighted by atomic mass is 16.2. The number of carbonyl (C=O) groups excluding carboxylic acids is 2. The molecule has 2 amide bonds. The van der Waals surface area contributed by atoms with Crippen molar-refractivity contribution in [2.24, 2.45) is 5.73 Å². The molecule has 3 N–H and O–H groups in total. The third-order valence-corrected chi connectivity index (χ3v) is 5.03. The summed E-state index contributed by atoms with van der Waals surface area (Å²) in [6.45, 7) is 3.01. The third-order valence-electron chi connectivity index (χ3n) is 5.03. The van der Waals surface area contributed by atoms with Gasteiger partial charge in [0, 0.05) is 19.5 Å². The van der Waals surface area contributed by atoms with E-state index in [-0.39, 0.29) is 5.91 Å². The Hall–Kier alpha value is -2.92. The van der Waals surface area contributed by atoms with Crippen LogP contribution in [0.15, 0.2) is 60.7 Å². The first-order valence-electron chi connectivity index (χ1n) is 9.79. The van der Waals surface area contributed by atoms with E-state index in [4.69, 9.17) is 5.73 Å². The maximum absolute atomic E-state index is 12.2. The Balaban J connectivity index is 1.38. The van der Waals surface area contributed by atoms with Crippen molar-refractivity contribution in [2.75, 3.05) is 25.0 Å². The predicted octanol–water partition coefficient (Wildman–Crippen LogP) is 3.68. The summed E-state index contributed by atoms with van der Waals surface area (Å²) in [5, 5.41) is 2.79. The molecule has 0 spiro atoms. The summed E-state index contributed by atoms with van der Waals surface area (Å²) >= 11 is 0. The lowest BCUT2D eigenvalue weighted by molar-refractivity contribution is -0.116. The summed E-state index contributed by atoms with van der Waals surface area (Å²) in [6, 6.07) is 17.3. The quantitative estimate of drug-likeness (QED) is 0.689. The molecule has 2 aromatic carbocycles. The van der Waals surface area contributed by atoms with Crippen LogP contribution in [0, 0.1) is 0 Å². The van der Waals surface area contributed by atoms with Crippen molar-refractivity contribution in [2.45, 2.75) is 25.7 Å². The zero-order chi connectivity index (χ0) is 19.8. The SMILES string of the molecule is NC(=O)c1ccccc1NC(=O)CCCCN1CC=C(c2ccccc2)CC1. The maximum atomic E-state index is 12.2. The number of primary amides is 1. The van der Waals surface area contributed by atoms with E-state index >= 15 is 0 Å². The van der Waals surface area contributed by atoms with E-state index in [1.807, 2.05) is 6.07 Å². The van der Waals surface area contributed by atoms with Crippen molar-refractivity contribution in [1.82, 2.24) is 4.90 Å². The first-order valence-corrected chi connectivity index (χ1v) is 9.79. The smallest absolute Gasteiger partial charge is 0.250 e. The van der Waals surface area contributed by atoms with Gasteiger partial charge in [0.15, 0.2) is 0 Å². The monoisotopic (exact) mass is 377 g/mol. The van der Waals surface area contributed by atoms with Crippen molar-refractivity contribution in [1.29, 1.82) is 0 Å². The number of nitrogens with zero attached hydrogens (tertiary/aromatic N) is 1. The Bertz CT molecular complexity index is 846. The Morgan fingerprint density at radius 2 is 1.75 bits per heavy atom. The number of unbranched alkanes of at least 4 members (excludes halogenated alkanes) is 1. The Kier molecular flexibility index (Phi) is 6.98. The zero-order valence-corrected chi connectivity index (χ0v) is 16.1. The van der Waals surface area contributed by atoms with E-state index in [1.165, 1.54) is 11.1 Å². The number of hydrogen-bond donors (Lipinski definition) is 2. The fourth-order valence-corrected chi connectivity index (χ4v) is 3.47. The molecule has 2 aromatic rings. The summed E-state index contributed by atoms with van der Waals surface area (Å²) in [5.41, 5.74) is 8.90. The Labute approximate surface area is 166 Å². The van der Waals surface area contributed by atoms with Gasteiger partial charge in [-0.2, -0.15) is 0 Å². The molecule has 0 radical (unpaired) electrons. The van der Waals surface area contributed by atoms with Crippen LogP contribution in [0.3, 0.4) is 0 Å². The zero-order valence-electron chi connectivity index (χ0n) is 16.1. The van der Waals surface area contributed by atoms with Gasteiger partial charge >= 0.3 is 0 Å². The summed E-state index contributed by atoms with van der Waals surface area (Å²) in [7, 11) is 0. The molecule has 0 saturated carbocycles. The molecule has 0 aliphatic carbocycles. The van der Waals surface area contributed by atoms with E-state index < -0.39 is 5.91 Å². The van der Waals surface area contributed by atoms with Gasteiger partial charge in [-0.25, -0.2) is 0 Å². The minimum absolute atomic E-state index is 0.0846. The average Bonchev–Trinajstić information content (AvgIpc) is 2.72. The second kappa shape index (κ2) is 9.85. The van der Waals surface area contributed by atoms with Crippen LogP contribution in [0.2, 0.25) is 0 Å². The first kappa shape index (κ1) is 19.8. The summed E-state index contributed by atoms with van der Waals surface area (Å²) in [4.78, 5) is 26.0. The topological polar surface area (TPSA) is 75.4 Å². The number of nitrogens with one attached hydrogen (secondary N) is 1. The molecule has 5 heteroatoms. The number of benzene rings is 2. The number of hydrogen-bond acceptors (Lipinski definition) is 3. The number of nitrogens with two attached hydrogens (primary N) is 1. The van der Waals surface area contributed by atoms with E-state index in [1.54, 1.807) is 24.3 Å². The minimum atomic E-state index is -0.538. The first-order chi connectivity index (χ1) is 13.6. The predicted molar refractivity (Wildman–Crippen MR) is 113 cm³/mol. The highest BCUT2D eigenvalue weighted by Crippen LogP contribution is 2.22. The summed E-state index contributed by atoms with van der Waals surface area (Å²) in [5.74, 6) is -0.623. The molecule has 0 aromatic heterocycles. The highest BCUT2D eigenvalue weighted by molar-refractivity contribution is 6.02. The molecule has 1 aliphatic rings. The molecule has 1 heterocycles. The molecule has 146 valence electrons. The van der Waals surface area contributed by atoms with Crippen LogP contribution >= 0.6 is 0 Å². The second-order valence-electron chi connectivity index (χ2n) is 7.06. The lowest BCUT2D eigenvalue weighted by atomic mass is 9.99. The Morgan fingerprint density at radius 1 is 1.00 bits per heavy atom. The standard InChI is InChI=1S/C23H27N3O2/c24-23(28)20-10-4-5-11-21(20)25-22(27)12-6-7-15-26-16-13-19(14-17-26)18-8-2-1-3-9-18/h1-5,8-11,13H,6-7,12,14-17H2,(H2,24,28)(H,25,27). The lowest BCUT2D eigenvalue weighted by Gasteiger charge is -2.26. The van der Waals surface area contributed by atoms with Crippen LogP contribution < -0.4 is 11.1 Å². The Morgan fingerprint density at radius 3 is 2.46 bits per heavy atom. The van der Waals surface area contributed by atoms with Crippen molar-refractivity contribution < 1.29 is 9.59 Å². The van der Waals surface area contributed by atoms with E-state index in [9.17, 15) is 9.59 Å². The van der Waals surface area contributed by atoms with Crippen molar-refractivity contribution in [3.8, 4) is 0 Å².